The molecular formula is C24H19BrN2O4. The van der Waals surface area contributed by atoms with Crippen molar-refractivity contribution in [1.29, 1.82) is 0 Å². The van der Waals surface area contributed by atoms with Crippen LogP contribution in [0.15, 0.2) is 81.8 Å². The molecule has 0 radical (unpaired) electrons. The van der Waals surface area contributed by atoms with Crippen LogP contribution in [0.25, 0.3) is 22.8 Å². The molecule has 6 nitrogen and oxygen atoms in total. The molecule has 4 aromatic rings. The summed E-state index contributed by atoms with van der Waals surface area (Å²) < 4.78 is 17.5. The third-order valence-electron chi connectivity index (χ3n) is 4.67. The molecule has 0 spiro atoms. The third-order valence-corrected chi connectivity index (χ3v) is 5.17. The zero-order valence-corrected chi connectivity index (χ0v) is 18.5. The smallest absolute Gasteiger partial charge is 0.256 e. The van der Waals surface area contributed by atoms with Crippen LogP contribution in [0.2, 0.25) is 0 Å². The summed E-state index contributed by atoms with van der Waals surface area (Å²) in [5, 5.41) is 2.89. The molecule has 1 heterocycles. The van der Waals surface area contributed by atoms with Crippen molar-refractivity contribution in [3.05, 3.63) is 83.0 Å². The Morgan fingerprint density at radius 2 is 1.84 bits per heavy atom. The van der Waals surface area contributed by atoms with Gasteiger partial charge in [0.1, 0.15) is 11.5 Å². The van der Waals surface area contributed by atoms with Crippen LogP contribution in [-0.2, 0) is 0 Å². The lowest BCUT2D eigenvalue weighted by Crippen LogP contribution is -2.14. The quantitative estimate of drug-likeness (QED) is 0.365. The predicted octanol–water partition coefficient (Wildman–Crippen LogP) is 6.04. The van der Waals surface area contributed by atoms with Gasteiger partial charge >= 0.3 is 0 Å². The van der Waals surface area contributed by atoms with E-state index in [9.17, 15) is 4.79 Å². The van der Waals surface area contributed by atoms with E-state index in [1.807, 2.05) is 30.3 Å². The van der Waals surface area contributed by atoms with Crippen LogP contribution in [0.4, 0.5) is 5.69 Å². The van der Waals surface area contributed by atoms with Crippen LogP contribution < -0.4 is 14.8 Å². The van der Waals surface area contributed by atoms with Gasteiger partial charge in [-0.15, -0.1) is 0 Å². The standard InChI is InChI=1S/C24H19BrN2O4/c1-29-17-10-11-20(21(13-17)30-2)27-23(28)18-8-3-4-9-19(18)24-26-14-22(31-24)15-6-5-7-16(25)12-15/h3-14H,1-2H3,(H,27,28). The maximum absolute atomic E-state index is 13.1. The normalized spacial score (nSPS) is 10.5. The highest BCUT2D eigenvalue weighted by Gasteiger charge is 2.18. The first kappa shape index (κ1) is 20.7. The molecule has 4 rings (SSSR count). The molecule has 0 aliphatic heterocycles. The lowest BCUT2D eigenvalue weighted by molar-refractivity contribution is 0.102. The van der Waals surface area contributed by atoms with Gasteiger partial charge in [0, 0.05) is 21.7 Å². The number of carbonyl (C=O) groups excluding carboxylic acids is 1. The van der Waals surface area contributed by atoms with E-state index in [1.54, 1.807) is 49.7 Å². The van der Waals surface area contributed by atoms with Gasteiger partial charge in [-0.1, -0.05) is 40.2 Å². The van der Waals surface area contributed by atoms with Crippen molar-refractivity contribution in [3.8, 4) is 34.3 Å². The number of benzene rings is 3. The van der Waals surface area contributed by atoms with Gasteiger partial charge in [-0.3, -0.25) is 4.79 Å². The molecule has 0 saturated heterocycles. The number of nitrogens with zero attached hydrogens (tertiary/aromatic N) is 1. The molecular weight excluding hydrogens is 460 g/mol. The number of nitrogens with one attached hydrogen (secondary N) is 1. The Morgan fingerprint density at radius 3 is 2.61 bits per heavy atom. The Morgan fingerprint density at radius 1 is 1.00 bits per heavy atom. The Labute approximate surface area is 188 Å². The number of aromatic nitrogens is 1. The third kappa shape index (κ3) is 4.46. The highest BCUT2D eigenvalue weighted by Crippen LogP contribution is 2.32. The van der Waals surface area contributed by atoms with E-state index in [0.717, 1.165) is 10.0 Å². The maximum atomic E-state index is 13.1. The fraction of sp³-hybridized carbons (Fsp3) is 0.0833. The monoisotopic (exact) mass is 478 g/mol. The number of rotatable bonds is 6. The summed E-state index contributed by atoms with van der Waals surface area (Å²) in [6, 6.07) is 20.1. The zero-order chi connectivity index (χ0) is 21.8. The summed E-state index contributed by atoms with van der Waals surface area (Å²) in [5.74, 6) is 1.81. The second kappa shape index (κ2) is 9.06. The highest BCUT2D eigenvalue weighted by molar-refractivity contribution is 9.10. The molecule has 31 heavy (non-hydrogen) atoms. The van der Waals surface area contributed by atoms with Gasteiger partial charge in [0.2, 0.25) is 5.89 Å². The van der Waals surface area contributed by atoms with Crippen molar-refractivity contribution >= 4 is 27.5 Å². The number of anilines is 1. The van der Waals surface area contributed by atoms with Crippen LogP contribution in [-0.4, -0.2) is 25.1 Å². The summed E-state index contributed by atoms with van der Waals surface area (Å²) in [5.41, 5.74) is 2.44. The Bertz CT molecular complexity index is 1240. The molecule has 0 fully saturated rings. The molecule has 0 atom stereocenters. The number of carbonyl (C=O) groups is 1. The van der Waals surface area contributed by atoms with Crippen molar-refractivity contribution in [2.45, 2.75) is 0 Å². The van der Waals surface area contributed by atoms with E-state index in [2.05, 4.69) is 26.2 Å². The van der Waals surface area contributed by atoms with Crippen molar-refractivity contribution in [2.75, 3.05) is 19.5 Å². The summed E-state index contributed by atoms with van der Waals surface area (Å²) in [6.45, 7) is 0. The molecule has 0 saturated carbocycles. The van der Waals surface area contributed by atoms with E-state index >= 15 is 0 Å². The summed E-state index contributed by atoms with van der Waals surface area (Å²) in [6.07, 6.45) is 1.65. The average Bonchev–Trinajstić information content (AvgIpc) is 3.29. The predicted molar refractivity (Wildman–Crippen MR) is 123 cm³/mol. The van der Waals surface area contributed by atoms with Crippen molar-refractivity contribution in [2.24, 2.45) is 0 Å². The van der Waals surface area contributed by atoms with Gasteiger partial charge < -0.3 is 19.2 Å². The second-order valence-electron chi connectivity index (χ2n) is 6.61. The van der Waals surface area contributed by atoms with Crippen molar-refractivity contribution in [1.82, 2.24) is 4.98 Å². The van der Waals surface area contributed by atoms with Gasteiger partial charge in [-0.25, -0.2) is 4.98 Å². The molecule has 1 amide bonds. The van der Waals surface area contributed by atoms with Crippen LogP contribution in [0, 0.1) is 0 Å². The van der Waals surface area contributed by atoms with E-state index in [0.29, 0.717) is 40.0 Å². The number of halogens is 1. The number of ether oxygens (including phenoxy) is 2. The number of oxazole rings is 1. The maximum Gasteiger partial charge on any atom is 0.256 e. The highest BCUT2D eigenvalue weighted by atomic mass is 79.9. The van der Waals surface area contributed by atoms with Gasteiger partial charge in [0.15, 0.2) is 5.76 Å². The fourth-order valence-corrected chi connectivity index (χ4v) is 3.53. The van der Waals surface area contributed by atoms with E-state index < -0.39 is 0 Å². The molecule has 0 bridgehead atoms. The van der Waals surface area contributed by atoms with E-state index in [1.165, 1.54) is 7.11 Å². The Balaban J connectivity index is 1.65. The molecule has 0 aliphatic rings. The molecule has 156 valence electrons. The first-order valence-corrected chi connectivity index (χ1v) is 10.2. The minimum absolute atomic E-state index is 0.304. The number of amides is 1. The molecule has 7 heteroatoms. The summed E-state index contributed by atoms with van der Waals surface area (Å²) in [7, 11) is 3.11. The average molecular weight is 479 g/mol. The summed E-state index contributed by atoms with van der Waals surface area (Å²) in [4.78, 5) is 17.5. The topological polar surface area (TPSA) is 73.6 Å². The molecule has 0 unspecified atom stereocenters. The van der Waals surface area contributed by atoms with Crippen LogP contribution >= 0.6 is 15.9 Å². The molecule has 3 aromatic carbocycles. The van der Waals surface area contributed by atoms with Crippen LogP contribution in [0.3, 0.4) is 0 Å². The number of hydrogen-bond acceptors (Lipinski definition) is 5. The van der Waals surface area contributed by atoms with Gasteiger partial charge in [-0.2, -0.15) is 0 Å². The zero-order valence-electron chi connectivity index (χ0n) is 16.9. The largest absolute Gasteiger partial charge is 0.497 e. The lowest BCUT2D eigenvalue weighted by Gasteiger charge is -2.12. The molecule has 1 N–H and O–H groups in total. The van der Waals surface area contributed by atoms with E-state index in [-0.39, 0.29) is 5.91 Å². The Kier molecular flexibility index (Phi) is 6.04. The van der Waals surface area contributed by atoms with Gasteiger partial charge in [-0.05, 0) is 36.4 Å². The number of hydrogen-bond donors (Lipinski definition) is 1. The summed E-state index contributed by atoms with van der Waals surface area (Å²) >= 11 is 3.46. The fourth-order valence-electron chi connectivity index (χ4n) is 3.13. The minimum Gasteiger partial charge on any atom is -0.497 e. The van der Waals surface area contributed by atoms with Crippen LogP contribution in [0.1, 0.15) is 10.4 Å². The second-order valence-corrected chi connectivity index (χ2v) is 7.52. The molecule has 1 aromatic heterocycles. The Hall–Kier alpha value is -3.58. The van der Waals surface area contributed by atoms with E-state index in [4.69, 9.17) is 13.9 Å². The van der Waals surface area contributed by atoms with Crippen molar-refractivity contribution in [3.63, 3.8) is 0 Å². The van der Waals surface area contributed by atoms with Crippen LogP contribution in [0.5, 0.6) is 11.5 Å². The minimum atomic E-state index is -0.304. The van der Waals surface area contributed by atoms with Gasteiger partial charge in [0.25, 0.3) is 5.91 Å². The first-order valence-electron chi connectivity index (χ1n) is 9.43. The first-order chi connectivity index (χ1) is 15.1. The SMILES string of the molecule is COc1ccc(NC(=O)c2ccccc2-c2ncc(-c3cccc(Br)c3)o2)c(OC)c1. The van der Waals surface area contributed by atoms with Crippen molar-refractivity contribution < 1.29 is 18.7 Å². The lowest BCUT2D eigenvalue weighted by atomic mass is 10.1. The molecule has 0 aliphatic carbocycles. The van der Waals surface area contributed by atoms with Gasteiger partial charge in [0.05, 0.1) is 31.7 Å². The number of methoxy groups -OCH3 is 2.